The van der Waals surface area contributed by atoms with E-state index in [1.54, 1.807) is 12.1 Å². The first-order chi connectivity index (χ1) is 15.8. The maximum atomic E-state index is 14.5. The van der Waals surface area contributed by atoms with Crippen LogP contribution >= 0.6 is 0 Å². The van der Waals surface area contributed by atoms with Crippen LogP contribution in [0.25, 0.3) is 22.2 Å². The number of hydrogen-bond donors (Lipinski definition) is 4. The SMILES string of the molecule is CC(=O)N[C@@H](CO)C(=O)NC[C@H]1C[C@H](c2c(-c3ccc(F)cc3)[nH]c3c(F)cc(F)cc32)C1. The molecule has 1 atom stereocenters. The average Bonchev–Trinajstić information content (AvgIpc) is 3.10. The molecule has 174 valence electrons. The van der Waals surface area contributed by atoms with Gasteiger partial charge in [0.15, 0.2) is 0 Å². The number of aliphatic hydroxyl groups is 1. The molecule has 0 bridgehead atoms. The lowest BCUT2D eigenvalue weighted by molar-refractivity contribution is -0.129. The van der Waals surface area contributed by atoms with Crippen LogP contribution in [-0.4, -0.2) is 41.1 Å². The van der Waals surface area contributed by atoms with Crippen molar-refractivity contribution in [2.45, 2.75) is 31.7 Å². The van der Waals surface area contributed by atoms with Gasteiger partial charge in [-0.15, -0.1) is 0 Å². The van der Waals surface area contributed by atoms with Crippen molar-refractivity contribution in [1.82, 2.24) is 15.6 Å². The first-order valence-corrected chi connectivity index (χ1v) is 10.7. The molecule has 1 fully saturated rings. The van der Waals surface area contributed by atoms with Crippen molar-refractivity contribution < 1.29 is 27.9 Å². The fraction of sp³-hybridized carbons (Fsp3) is 0.333. The lowest BCUT2D eigenvalue weighted by Gasteiger charge is -2.36. The van der Waals surface area contributed by atoms with Gasteiger partial charge < -0.3 is 20.7 Å². The van der Waals surface area contributed by atoms with Crippen LogP contribution in [0.1, 0.15) is 31.2 Å². The minimum absolute atomic E-state index is 0.00844. The molecular weight excluding hydrogens is 435 g/mol. The standard InChI is InChI=1S/C24H24F3N3O3/c1-12(32)29-20(11-31)24(33)28-10-13-6-15(7-13)21-18-8-17(26)9-19(27)23(18)30-22(21)14-2-4-16(25)5-3-14/h2-5,8-9,13,15,20,30-31H,6-7,10-11H2,1H3,(H,28,33)(H,29,32)/t13-,15-,20-/m0/s1. The molecule has 1 saturated carbocycles. The molecule has 3 aromatic rings. The molecule has 4 rings (SSSR count). The Balaban J connectivity index is 1.53. The van der Waals surface area contributed by atoms with Crippen LogP contribution in [-0.2, 0) is 9.59 Å². The van der Waals surface area contributed by atoms with Crippen LogP contribution in [0.4, 0.5) is 13.2 Å². The third kappa shape index (κ3) is 4.73. The number of aliphatic hydroxyl groups excluding tert-OH is 1. The molecule has 0 saturated heterocycles. The summed E-state index contributed by atoms with van der Waals surface area (Å²) in [5.74, 6) is -2.54. The molecule has 2 aromatic carbocycles. The highest BCUT2D eigenvalue weighted by Crippen LogP contribution is 2.48. The highest BCUT2D eigenvalue weighted by molar-refractivity contribution is 5.92. The molecule has 9 heteroatoms. The summed E-state index contributed by atoms with van der Waals surface area (Å²) in [5, 5.41) is 14.8. The van der Waals surface area contributed by atoms with Gasteiger partial charge in [-0.2, -0.15) is 0 Å². The van der Waals surface area contributed by atoms with E-state index in [9.17, 15) is 27.9 Å². The van der Waals surface area contributed by atoms with Crippen LogP contribution in [0.5, 0.6) is 0 Å². The predicted octanol–water partition coefficient (Wildman–Crippen LogP) is 3.36. The van der Waals surface area contributed by atoms with Gasteiger partial charge in [0.05, 0.1) is 17.8 Å². The van der Waals surface area contributed by atoms with Crippen molar-refractivity contribution >= 4 is 22.7 Å². The Morgan fingerprint density at radius 1 is 1.12 bits per heavy atom. The maximum absolute atomic E-state index is 14.5. The fourth-order valence-corrected chi connectivity index (χ4v) is 4.45. The van der Waals surface area contributed by atoms with E-state index in [0.29, 0.717) is 36.0 Å². The van der Waals surface area contributed by atoms with Gasteiger partial charge >= 0.3 is 0 Å². The number of hydrogen-bond acceptors (Lipinski definition) is 3. The van der Waals surface area contributed by atoms with E-state index in [0.717, 1.165) is 11.6 Å². The van der Waals surface area contributed by atoms with Gasteiger partial charge in [-0.1, -0.05) is 0 Å². The van der Waals surface area contributed by atoms with E-state index in [1.165, 1.54) is 25.1 Å². The van der Waals surface area contributed by atoms with Crippen molar-refractivity contribution in [1.29, 1.82) is 0 Å². The number of rotatable bonds is 7. The molecular formula is C24H24F3N3O3. The molecule has 0 aliphatic heterocycles. The summed E-state index contributed by atoms with van der Waals surface area (Å²) in [4.78, 5) is 26.4. The second kappa shape index (κ2) is 9.27. The summed E-state index contributed by atoms with van der Waals surface area (Å²) in [6.45, 7) is 1.10. The highest BCUT2D eigenvalue weighted by Gasteiger charge is 2.35. The molecule has 0 spiro atoms. The van der Waals surface area contributed by atoms with Crippen LogP contribution in [0.15, 0.2) is 36.4 Å². The number of fused-ring (bicyclic) bond motifs is 1. The zero-order chi connectivity index (χ0) is 23.7. The van der Waals surface area contributed by atoms with Crippen molar-refractivity contribution in [3.8, 4) is 11.3 Å². The van der Waals surface area contributed by atoms with E-state index < -0.39 is 41.9 Å². The van der Waals surface area contributed by atoms with Crippen molar-refractivity contribution in [3.05, 3.63) is 59.4 Å². The molecule has 1 aromatic heterocycles. The summed E-state index contributed by atoms with van der Waals surface area (Å²) >= 11 is 0. The monoisotopic (exact) mass is 459 g/mol. The number of benzene rings is 2. The van der Waals surface area contributed by atoms with Crippen molar-refractivity contribution in [2.75, 3.05) is 13.2 Å². The second-order valence-corrected chi connectivity index (χ2v) is 8.45. The Hall–Kier alpha value is -3.33. The van der Waals surface area contributed by atoms with Crippen molar-refractivity contribution in [2.24, 2.45) is 5.92 Å². The third-order valence-electron chi connectivity index (χ3n) is 6.08. The first kappa shape index (κ1) is 22.8. The molecule has 1 aliphatic carbocycles. The van der Waals surface area contributed by atoms with Gasteiger partial charge in [0.2, 0.25) is 11.8 Å². The number of nitrogens with one attached hydrogen (secondary N) is 3. The zero-order valence-electron chi connectivity index (χ0n) is 17.9. The van der Waals surface area contributed by atoms with Gasteiger partial charge in [-0.05, 0) is 66.1 Å². The number of H-pyrrole nitrogens is 1. The number of aromatic nitrogens is 1. The molecule has 0 unspecified atom stereocenters. The van der Waals surface area contributed by atoms with Crippen LogP contribution < -0.4 is 10.6 Å². The minimum atomic E-state index is -1.01. The molecule has 1 heterocycles. The van der Waals surface area contributed by atoms with E-state index in [1.807, 2.05) is 0 Å². The van der Waals surface area contributed by atoms with Crippen LogP contribution in [0.2, 0.25) is 0 Å². The van der Waals surface area contributed by atoms with E-state index in [-0.39, 0.29) is 17.4 Å². The normalized spacial score (nSPS) is 18.6. The van der Waals surface area contributed by atoms with Gasteiger partial charge in [-0.25, -0.2) is 13.2 Å². The fourth-order valence-electron chi connectivity index (χ4n) is 4.45. The average molecular weight is 459 g/mol. The summed E-state index contributed by atoms with van der Waals surface area (Å²) in [6.07, 6.45) is 1.34. The second-order valence-electron chi connectivity index (χ2n) is 8.45. The molecule has 0 radical (unpaired) electrons. The number of carbonyl (C=O) groups is 2. The number of carbonyl (C=O) groups excluding carboxylic acids is 2. The van der Waals surface area contributed by atoms with Gasteiger partial charge in [0, 0.05) is 24.9 Å². The predicted molar refractivity (Wildman–Crippen MR) is 117 cm³/mol. The van der Waals surface area contributed by atoms with E-state index in [4.69, 9.17) is 0 Å². The van der Waals surface area contributed by atoms with Crippen LogP contribution in [0.3, 0.4) is 0 Å². The summed E-state index contributed by atoms with van der Waals surface area (Å²) < 4.78 is 41.9. The van der Waals surface area contributed by atoms with Gasteiger partial charge in [-0.3, -0.25) is 9.59 Å². The smallest absolute Gasteiger partial charge is 0.244 e. The molecule has 2 amide bonds. The van der Waals surface area contributed by atoms with Gasteiger partial charge in [0.1, 0.15) is 23.5 Å². The molecule has 1 aliphatic rings. The Bertz CT molecular complexity index is 1190. The van der Waals surface area contributed by atoms with E-state index >= 15 is 0 Å². The maximum Gasteiger partial charge on any atom is 0.244 e. The topological polar surface area (TPSA) is 94.2 Å². The summed E-state index contributed by atoms with van der Waals surface area (Å²) in [6, 6.07) is 6.91. The lowest BCUT2D eigenvalue weighted by atomic mass is 9.70. The minimum Gasteiger partial charge on any atom is -0.394 e. The third-order valence-corrected chi connectivity index (χ3v) is 6.08. The molecule has 4 N–H and O–H groups in total. The first-order valence-electron chi connectivity index (χ1n) is 10.7. The summed E-state index contributed by atoms with van der Waals surface area (Å²) in [7, 11) is 0. The van der Waals surface area contributed by atoms with E-state index in [2.05, 4.69) is 15.6 Å². The number of halogens is 3. The summed E-state index contributed by atoms with van der Waals surface area (Å²) in [5.41, 5.74) is 2.25. The van der Waals surface area contributed by atoms with Gasteiger partial charge in [0.25, 0.3) is 0 Å². The largest absolute Gasteiger partial charge is 0.394 e. The quantitative estimate of drug-likeness (QED) is 0.437. The zero-order valence-corrected chi connectivity index (χ0v) is 17.9. The number of amides is 2. The number of aromatic amines is 1. The Morgan fingerprint density at radius 2 is 1.82 bits per heavy atom. The molecule has 33 heavy (non-hydrogen) atoms. The molecule has 6 nitrogen and oxygen atoms in total. The van der Waals surface area contributed by atoms with Crippen LogP contribution in [0, 0.1) is 23.4 Å². The highest BCUT2D eigenvalue weighted by atomic mass is 19.1. The Kier molecular flexibility index (Phi) is 6.42. The lowest BCUT2D eigenvalue weighted by Crippen LogP contribution is -2.49. The Labute approximate surface area is 188 Å². The Morgan fingerprint density at radius 3 is 2.45 bits per heavy atom. The van der Waals surface area contributed by atoms with Crippen molar-refractivity contribution in [3.63, 3.8) is 0 Å².